The molecule has 1 aliphatic rings. The fraction of sp³-hybridized carbons (Fsp3) is 0.417. The van der Waals surface area contributed by atoms with Crippen molar-refractivity contribution in [2.75, 3.05) is 13.1 Å². The maximum absolute atomic E-state index is 10.4. The first-order chi connectivity index (χ1) is 8.35. The molecule has 1 fully saturated rings. The first kappa shape index (κ1) is 10.4. The number of aromatic nitrogens is 1. The summed E-state index contributed by atoms with van der Waals surface area (Å²) in [5.74, 6) is 0.713. The Morgan fingerprint density at radius 1 is 1.35 bits per heavy atom. The maximum Gasteiger partial charge on any atom is 0.209 e. The van der Waals surface area contributed by atoms with Crippen molar-refractivity contribution in [3.05, 3.63) is 29.0 Å². The van der Waals surface area contributed by atoms with E-state index < -0.39 is 0 Å². The molecule has 0 radical (unpaired) electrons. The van der Waals surface area contributed by atoms with Crippen molar-refractivity contribution in [3.8, 4) is 0 Å². The second-order valence-corrected chi connectivity index (χ2v) is 4.33. The summed E-state index contributed by atoms with van der Waals surface area (Å²) in [5, 5.41) is 2.89. The minimum atomic E-state index is 0.388. The van der Waals surface area contributed by atoms with Crippen LogP contribution < -0.4 is 0 Å². The lowest BCUT2D eigenvalue weighted by Crippen LogP contribution is -2.18. The minimum Gasteiger partial charge on any atom is -0.439 e. The Morgan fingerprint density at radius 3 is 2.94 bits per heavy atom. The Hall–Kier alpha value is -1.75. The fourth-order valence-electron chi connectivity index (χ4n) is 2.22. The van der Waals surface area contributed by atoms with Crippen molar-refractivity contribution in [1.82, 2.24) is 9.88 Å². The van der Waals surface area contributed by atoms with E-state index in [-0.39, 0.29) is 0 Å². The third kappa shape index (κ3) is 2.06. The molecular formula is C12H13N3O2. The largest absolute Gasteiger partial charge is 0.439 e. The molecule has 88 valence electrons. The SMILES string of the molecule is O=Nc1ccc2oc(CN3CCCC3)nc2c1. The summed E-state index contributed by atoms with van der Waals surface area (Å²) in [6.45, 7) is 2.97. The predicted octanol–water partition coefficient (Wildman–Crippen LogP) is 2.82. The number of benzene rings is 1. The van der Waals surface area contributed by atoms with Crippen LogP contribution in [-0.2, 0) is 6.54 Å². The van der Waals surface area contributed by atoms with Gasteiger partial charge in [0, 0.05) is 0 Å². The topological polar surface area (TPSA) is 58.7 Å². The average molecular weight is 231 g/mol. The number of likely N-dealkylation sites (tertiary alicyclic amines) is 1. The molecule has 0 saturated carbocycles. The number of nitroso groups, excluding NO2 is 1. The van der Waals surface area contributed by atoms with Gasteiger partial charge in [0.15, 0.2) is 5.58 Å². The average Bonchev–Trinajstić information content (AvgIpc) is 2.96. The van der Waals surface area contributed by atoms with Crippen molar-refractivity contribution in [1.29, 1.82) is 0 Å². The van der Waals surface area contributed by atoms with E-state index in [1.165, 1.54) is 12.8 Å². The second-order valence-electron chi connectivity index (χ2n) is 4.33. The summed E-state index contributed by atoms with van der Waals surface area (Å²) >= 11 is 0. The first-order valence-electron chi connectivity index (χ1n) is 5.80. The van der Waals surface area contributed by atoms with Crippen molar-refractivity contribution < 1.29 is 4.42 Å². The van der Waals surface area contributed by atoms with Gasteiger partial charge in [-0.05, 0) is 49.3 Å². The van der Waals surface area contributed by atoms with Crippen LogP contribution in [-0.4, -0.2) is 23.0 Å². The van der Waals surface area contributed by atoms with E-state index in [1.807, 2.05) is 0 Å². The highest BCUT2D eigenvalue weighted by molar-refractivity contribution is 5.76. The predicted molar refractivity (Wildman–Crippen MR) is 64.0 cm³/mol. The summed E-state index contributed by atoms with van der Waals surface area (Å²) in [6.07, 6.45) is 2.50. The van der Waals surface area contributed by atoms with Crippen LogP contribution in [0.4, 0.5) is 5.69 Å². The Balaban J connectivity index is 1.87. The van der Waals surface area contributed by atoms with E-state index in [1.54, 1.807) is 18.2 Å². The molecule has 0 aliphatic carbocycles. The summed E-state index contributed by atoms with van der Waals surface area (Å²) in [4.78, 5) is 17.1. The highest BCUT2D eigenvalue weighted by Gasteiger charge is 2.15. The molecule has 5 nitrogen and oxygen atoms in total. The molecule has 2 aromatic rings. The maximum atomic E-state index is 10.4. The third-order valence-corrected chi connectivity index (χ3v) is 3.08. The van der Waals surface area contributed by atoms with E-state index in [4.69, 9.17) is 4.42 Å². The smallest absolute Gasteiger partial charge is 0.209 e. The molecular weight excluding hydrogens is 218 g/mol. The van der Waals surface area contributed by atoms with Gasteiger partial charge < -0.3 is 4.42 Å². The number of hydrogen-bond donors (Lipinski definition) is 0. The van der Waals surface area contributed by atoms with Crippen LogP contribution in [0.15, 0.2) is 27.8 Å². The van der Waals surface area contributed by atoms with Crippen LogP contribution in [0.25, 0.3) is 11.1 Å². The first-order valence-corrected chi connectivity index (χ1v) is 5.80. The van der Waals surface area contributed by atoms with Gasteiger partial charge in [0.25, 0.3) is 0 Å². The number of oxazole rings is 1. The molecule has 0 bridgehead atoms. The Labute approximate surface area is 98.4 Å². The monoisotopic (exact) mass is 231 g/mol. The normalized spacial score (nSPS) is 16.7. The van der Waals surface area contributed by atoms with Gasteiger partial charge in [0.2, 0.25) is 5.89 Å². The zero-order valence-electron chi connectivity index (χ0n) is 9.43. The number of hydrogen-bond acceptors (Lipinski definition) is 5. The van der Waals surface area contributed by atoms with Crippen LogP contribution in [0.1, 0.15) is 18.7 Å². The Morgan fingerprint density at radius 2 is 2.18 bits per heavy atom. The molecule has 2 heterocycles. The highest BCUT2D eigenvalue weighted by Crippen LogP contribution is 2.22. The van der Waals surface area contributed by atoms with Crippen molar-refractivity contribution in [2.45, 2.75) is 19.4 Å². The van der Waals surface area contributed by atoms with Crippen LogP contribution in [0, 0.1) is 4.91 Å². The van der Waals surface area contributed by atoms with Crippen LogP contribution in [0.5, 0.6) is 0 Å². The van der Waals surface area contributed by atoms with Gasteiger partial charge in [-0.25, -0.2) is 4.98 Å². The van der Waals surface area contributed by atoms with Gasteiger partial charge in [-0.1, -0.05) is 0 Å². The van der Waals surface area contributed by atoms with Crippen LogP contribution in [0.3, 0.4) is 0 Å². The van der Waals surface area contributed by atoms with E-state index >= 15 is 0 Å². The molecule has 1 aromatic carbocycles. The number of rotatable bonds is 3. The third-order valence-electron chi connectivity index (χ3n) is 3.08. The van der Waals surface area contributed by atoms with Crippen LogP contribution >= 0.6 is 0 Å². The van der Waals surface area contributed by atoms with E-state index in [0.29, 0.717) is 22.7 Å². The fourth-order valence-corrected chi connectivity index (χ4v) is 2.22. The standard InChI is InChI=1S/C12H13N3O2/c16-14-9-3-4-11-10(7-9)13-12(17-11)8-15-5-1-2-6-15/h3-4,7H,1-2,5-6,8H2. The van der Waals surface area contributed by atoms with E-state index in [2.05, 4.69) is 15.1 Å². The molecule has 0 atom stereocenters. The number of nitrogens with zero attached hydrogens (tertiary/aromatic N) is 3. The minimum absolute atomic E-state index is 0.388. The molecule has 5 heteroatoms. The molecule has 17 heavy (non-hydrogen) atoms. The lowest BCUT2D eigenvalue weighted by atomic mass is 10.3. The Kier molecular flexibility index (Phi) is 2.60. The summed E-state index contributed by atoms with van der Waals surface area (Å²) in [7, 11) is 0. The van der Waals surface area contributed by atoms with Crippen molar-refractivity contribution >= 4 is 16.8 Å². The summed E-state index contributed by atoms with van der Waals surface area (Å²) in [6, 6.07) is 5.03. The van der Waals surface area contributed by atoms with Gasteiger partial charge in [0.1, 0.15) is 11.2 Å². The van der Waals surface area contributed by atoms with Crippen molar-refractivity contribution in [2.24, 2.45) is 5.18 Å². The molecule has 1 aliphatic heterocycles. The van der Waals surface area contributed by atoms with Gasteiger partial charge in [-0.2, -0.15) is 0 Å². The molecule has 0 amide bonds. The lowest BCUT2D eigenvalue weighted by Gasteiger charge is -2.10. The van der Waals surface area contributed by atoms with Gasteiger partial charge in [-0.3, -0.25) is 4.90 Å². The molecule has 1 saturated heterocycles. The molecule has 3 rings (SSSR count). The lowest BCUT2D eigenvalue weighted by molar-refractivity contribution is 0.295. The zero-order valence-corrected chi connectivity index (χ0v) is 9.43. The molecule has 1 aromatic heterocycles. The number of fused-ring (bicyclic) bond motifs is 1. The molecule has 0 N–H and O–H groups in total. The zero-order chi connectivity index (χ0) is 11.7. The molecule has 0 spiro atoms. The van der Waals surface area contributed by atoms with Gasteiger partial charge in [-0.15, -0.1) is 4.91 Å². The van der Waals surface area contributed by atoms with Crippen molar-refractivity contribution in [3.63, 3.8) is 0 Å². The van der Waals surface area contributed by atoms with Gasteiger partial charge in [0.05, 0.1) is 6.54 Å². The summed E-state index contributed by atoms with van der Waals surface area (Å²) in [5.41, 5.74) is 1.81. The van der Waals surface area contributed by atoms with E-state index in [0.717, 1.165) is 19.6 Å². The Bertz CT molecular complexity index is 544. The summed E-state index contributed by atoms with van der Waals surface area (Å²) < 4.78 is 5.63. The van der Waals surface area contributed by atoms with Crippen LogP contribution in [0.2, 0.25) is 0 Å². The van der Waals surface area contributed by atoms with E-state index in [9.17, 15) is 4.91 Å². The second kappa shape index (κ2) is 4.25. The van der Waals surface area contributed by atoms with Gasteiger partial charge >= 0.3 is 0 Å². The molecule has 0 unspecified atom stereocenters. The highest BCUT2D eigenvalue weighted by atomic mass is 16.3. The quantitative estimate of drug-likeness (QED) is 0.762.